The SMILES string of the molecule is CCOc1ccccc1NC(=O)[C@@H](Nc1ccc(N2CCCC2)cc1)c1ccccc1. The summed E-state index contributed by atoms with van der Waals surface area (Å²) in [6.45, 7) is 4.69. The van der Waals surface area contributed by atoms with E-state index in [0.29, 0.717) is 18.0 Å². The van der Waals surface area contributed by atoms with Crippen LogP contribution in [0.2, 0.25) is 0 Å². The second kappa shape index (κ2) is 10.0. The van der Waals surface area contributed by atoms with Crippen molar-refractivity contribution in [3.8, 4) is 5.75 Å². The van der Waals surface area contributed by atoms with Gasteiger partial charge in [0.1, 0.15) is 11.8 Å². The van der Waals surface area contributed by atoms with Crippen LogP contribution in [0.5, 0.6) is 5.75 Å². The van der Waals surface area contributed by atoms with E-state index in [2.05, 4.69) is 27.7 Å². The van der Waals surface area contributed by atoms with Crippen LogP contribution >= 0.6 is 0 Å². The summed E-state index contributed by atoms with van der Waals surface area (Å²) in [7, 11) is 0. The monoisotopic (exact) mass is 415 g/mol. The molecule has 3 aromatic carbocycles. The van der Waals surface area contributed by atoms with Gasteiger partial charge in [-0.2, -0.15) is 0 Å². The molecule has 1 heterocycles. The summed E-state index contributed by atoms with van der Waals surface area (Å²) in [6.07, 6.45) is 2.50. The minimum Gasteiger partial charge on any atom is -0.492 e. The Kier molecular flexibility index (Phi) is 6.72. The van der Waals surface area contributed by atoms with Crippen LogP contribution in [0.1, 0.15) is 31.4 Å². The predicted octanol–water partition coefficient (Wildman–Crippen LogP) is 5.48. The summed E-state index contributed by atoms with van der Waals surface area (Å²) >= 11 is 0. The van der Waals surface area contributed by atoms with Crippen LogP contribution in [-0.2, 0) is 4.79 Å². The zero-order chi connectivity index (χ0) is 21.5. The normalized spacial score (nSPS) is 14.2. The third-order valence-corrected chi connectivity index (χ3v) is 5.49. The average molecular weight is 416 g/mol. The van der Waals surface area contributed by atoms with Crippen molar-refractivity contribution in [1.82, 2.24) is 0 Å². The van der Waals surface area contributed by atoms with Gasteiger partial charge in [0.05, 0.1) is 12.3 Å². The molecule has 1 atom stereocenters. The van der Waals surface area contributed by atoms with Gasteiger partial charge in [-0.15, -0.1) is 0 Å². The Hall–Kier alpha value is -3.47. The Bertz CT molecular complexity index is 983. The molecule has 1 saturated heterocycles. The molecule has 0 unspecified atom stereocenters. The van der Waals surface area contributed by atoms with Gasteiger partial charge in [-0.1, -0.05) is 42.5 Å². The highest BCUT2D eigenvalue weighted by Crippen LogP contribution is 2.28. The van der Waals surface area contributed by atoms with Crippen molar-refractivity contribution in [2.75, 3.05) is 35.2 Å². The van der Waals surface area contributed by atoms with E-state index in [1.165, 1.54) is 18.5 Å². The van der Waals surface area contributed by atoms with E-state index >= 15 is 0 Å². The highest BCUT2D eigenvalue weighted by Gasteiger charge is 2.22. The second-order valence-corrected chi connectivity index (χ2v) is 7.65. The average Bonchev–Trinajstić information content (AvgIpc) is 3.35. The van der Waals surface area contributed by atoms with Gasteiger partial charge in [-0.05, 0) is 61.7 Å². The molecular formula is C26H29N3O2. The molecule has 2 N–H and O–H groups in total. The van der Waals surface area contributed by atoms with Crippen LogP contribution in [0.4, 0.5) is 17.1 Å². The molecule has 3 aromatic rings. The molecular weight excluding hydrogens is 386 g/mol. The molecule has 4 rings (SSSR count). The Morgan fingerprint density at radius 3 is 2.32 bits per heavy atom. The molecule has 5 nitrogen and oxygen atoms in total. The highest BCUT2D eigenvalue weighted by atomic mass is 16.5. The summed E-state index contributed by atoms with van der Waals surface area (Å²) in [5.41, 5.74) is 3.71. The summed E-state index contributed by atoms with van der Waals surface area (Å²) in [4.78, 5) is 15.7. The van der Waals surface area contributed by atoms with Crippen LogP contribution in [0.25, 0.3) is 0 Å². The van der Waals surface area contributed by atoms with Gasteiger partial charge in [0.25, 0.3) is 5.91 Å². The van der Waals surface area contributed by atoms with Gasteiger partial charge in [-0.3, -0.25) is 4.79 Å². The lowest BCUT2D eigenvalue weighted by Crippen LogP contribution is -2.27. The molecule has 5 heteroatoms. The fraction of sp³-hybridized carbons (Fsp3) is 0.269. The lowest BCUT2D eigenvalue weighted by atomic mass is 10.1. The molecule has 0 aliphatic carbocycles. The number of hydrogen-bond acceptors (Lipinski definition) is 4. The Labute approximate surface area is 184 Å². The molecule has 160 valence electrons. The number of nitrogens with one attached hydrogen (secondary N) is 2. The van der Waals surface area contributed by atoms with Gasteiger partial charge < -0.3 is 20.3 Å². The zero-order valence-electron chi connectivity index (χ0n) is 17.9. The number of para-hydroxylation sites is 2. The van der Waals surface area contributed by atoms with E-state index in [1.54, 1.807) is 0 Å². The van der Waals surface area contributed by atoms with Crippen LogP contribution in [-0.4, -0.2) is 25.6 Å². The molecule has 1 aliphatic rings. The maximum Gasteiger partial charge on any atom is 0.251 e. The lowest BCUT2D eigenvalue weighted by molar-refractivity contribution is -0.117. The molecule has 0 bridgehead atoms. The lowest BCUT2D eigenvalue weighted by Gasteiger charge is -2.22. The number of rotatable bonds is 8. The van der Waals surface area contributed by atoms with Crippen LogP contribution in [0, 0.1) is 0 Å². The topological polar surface area (TPSA) is 53.6 Å². The quantitative estimate of drug-likeness (QED) is 0.512. The zero-order valence-corrected chi connectivity index (χ0v) is 17.9. The third kappa shape index (κ3) is 5.18. The largest absolute Gasteiger partial charge is 0.492 e. The standard InChI is InChI=1S/C26H29N3O2/c1-2-31-24-13-7-6-12-23(24)28-26(30)25(20-10-4-3-5-11-20)27-21-14-16-22(17-15-21)29-18-8-9-19-29/h3-7,10-17,25,27H,2,8-9,18-19H2,1H3,(H,28,30)/t25-/m0/s1. The summed E-state index contributed by atoms with van der Waals surface area (Å²) in [6, 6.07) is 25.1. The fourth-order valence-corrected chi connectivity index (χ4v) is 3.91. The molecule has 31 heavy (non-hydrogen) atoms. The smallest absolute Gasteiger partial charge is 0.251 e. The number of hydrogen-bond donors (Lipinski definition) is 2. The van der Waals surface area contributed by atoms with Crippen LogP contribution in [0.15, 0.2) is 78.9 Å². The Morgan fingerprint density at radius 2 is 1.61 bits per heavy atom. The minimum absolute atomic E-state index is 0.137. The van der Waals surface area contributed by atoms with Crippen molar-refractivity contribution < 1.29 is 9.53 Å². The van der Waals surface area contributed by atoms with E-state index < -0.39 is 6.04 Å². The van der Waals surface area contributed by atoms with Gasteiger partial charge in [0, 0.05) is 24.5 Å². The number of ether oxygens (including phenoxy) is 1. The van der Waals surface area contributed by atoms with E-state index in [9.17, 15) is 4.79 Å². The Morgan fingerprint density at radius 1 is 0.935 bits per heavy atom. The molecule has 0 aromatic heterocycles. The van der Waals surface area contributed by atoms with Crippen molar-refractivity contribution in [3.63, 3.8) is 0 Å². The third-order valence-electron chi connectivity index (χ3n) is 5.49. The summed E-state index contributed by atoms with van der Waals surface area (Å²) in [5.74, 6) is 0.530. The second-order valence-electron chi connectivity index (χ2n) is 7.65. The van der Waals surface area contributed by atoms with E-state index in [-0.39, 0.29) is 5.91 Å². The summed E-state index contributed by atoms with van der Waals surface area (Å²) in [5, 5.41) is 6.45. The fourth-order valence-electron chi connectivity index (χ4n) is 3.91. The van der Waals surface area contributed by atoms with Crippen molar-refractivity contribution in [3.05, 3.63) is 84.4 Å². The predicted molar refractivity (Wildman–Crippen MR) is 127 cm³/mol. The molecule has 1 fully saturated rings. The molecule has 1 amide bonds. The number of nitrogens with zero attached hydrogens (tertiary/aromatic N) is 1. The van der Waals surface area contributed by atoms with Gasteiger partial charge in [0.2, 0.25) is 0 Å². The van der Waals surface area contributed by atoms with E-state index in [1.807, 2.05) is 73.7 Å². The molecule has 0 radical (unpaired) electrons. The first-order chi connectivity index (χ1) is 15.2. The maximum absolute atomic E-state index is 13.3. The van der Waals surface area contributed by atoms with E-state index in [0.717, 1.165) is 24.3 Å². The highest BCUT2D eigenvalue weighted by molar-refractivity contribution is 5.98. The number of carbonyl (C=O) groups excluding carboxylic acids is 1. The number of benzene rings is 3. The first-order valence-corrected chi connectivity index (χ1v) is 10.9. The van der Waals surface area contributed by atoms with Crippen molar-refractivity contribution in [2.45, 2.75) is 25.8 Å². The first-order valence-electron chi connectivity index (χ1n) is 10.9. The Balaban J connectivity index is 1.54. The maximum atomic E-state index is 13.3. The number of carbonyl (C=O) groups is 1. The van der Waals surface area contributed by atoms with E-state index in [4.69, 9.17) is 4.74 Å². The van der Waals surface area contributed by atoms with Gasteiger partial charge >= 0.3 is 0 Å². The molecule has 1 aliphatic heterocycles. The van der Waals surface area contributed by atoms with Crippen LogP contribution < -0.4 is 20.3 Å². The number of amides is 1. The van der Waals surface area contributed by atoms with Gasteiger partial charge in [0.15, 0.2) is 0 Å². The minimum atomic E-state index is -0.534. The van der Waals surface area contributed by atoms with Crippen molar-refractivity contribution in [2.24, 2.45) is 0 Å². The number of anilines is 3. The van der Waals surface area contributed by atoms with Gasteiger partial charge in [-0.25, -0.2) is 0 Å². The van der Waals surface area contributed by atoms with Crippen molar-refractivity contribution in [1.29, 1.82) is 0 Å². The molecule has 0 spiro atoms. The molecule has 0 saturated carbocycles. The first kappa shape index (κ1) is 20.8. The van der Waals surface area contributed by atoms with Crippen LogP contribution in [0.3, 0.4) is 0 Å². The summed E-state index contributed by atoms with van der Waals surface area (Å²) < 4.78 is 5.66. The van der Waals surface area contributed by atoms with Crippen molar-refractivity contribution >= 4 is 23.0 Å².